The van der Waals surface area contributed by atoms with Gasteiger partial charge in [0.1, 0.15) is 0 Å². The lowest BCUT2D eigenvalue weighted by molar-refractivity contribution is -0.139. The molecule has 0 atom stereocenters. The van der Waals surface area contributed by atoms with E-state index < -0.39 is 11.8 Å². The molecule has 9 heteroatoms. The van der Waals surface area contributed by atoms with E-state index in [1.54, 1.807) is 18.2 Å². The van der Waals surface area contributed by atoms with Crippen molar-refractivity contribution in [3.05, 3.63) is 53.6 Å². The van der Waals surface area contributed by atoms with Crippen molar-refractivity contribution in [3.8, 4) is 11.5 Å². The Kier molecular flexibility index (Phi) is 10.4. The van der Waals surface area contributed by atoms with Crippen LogP contribution in [0.25, 0.3) is 0 Å². The molecule has 176 valence electrons. The van der Waals surface area contributed by atoms with Gasteiger partial charge < -0.3 is 20.1 Å². The van der Waals surface area contributed by atoms with Gasteiger partial charge >= 0.3 is 11.8 Å². The molecule has 0 bridgehead atoms. The normalized spacial score (nSPS) is 10.5. The smallest absolute Gasteiger partial charge is 0.329 e. The first-order chi connectivity index (χ1) is 15.9. The SMILES string of the molecule is CCCCNC(=O)C(=O)N/N=C\c1ccc(OCC(=O)Nc2ccc(C)cc2)c(OCC)c1. The van der Waals surface area contributed by atoms with Gasteiger partial charge in [-0.1, -0.05) is 31.0 Å². The van der Waals surface area contributed by atoms with E-state index in [-0.39, 0.29) is 12.5 Å². The van der Waals surface area contributed by atoms with Crippen LogP contribution in [-0.2, 0) is 14.4 Å². The number of rotatable bonds is 11. The standard InChI is InChI=1S/C24H30N4O5/c1-4-6-13-25-23(30)24(31)28-26-15-18-9-12-20(21(14-18)32-5-2)33-16-22(29)27-19-10-7-17(3)8-11-19/h7-12,14-15H,4-6,13,16H2,1-3H3,(H,25,30)(H,27,29)(H,28,31)/b26-15-. The van der Waals surface area contributed by atoms with Crippen molar-refractivity contribution in [2.75, 3.05) is 25.1 Å². The summed E-state index contributed by atoms with van der Waals surface area (Å²) in [5.41, 5.74) is 4.58. The fourth-order valence-corrected chi connectivity index (χ4v) is 2.64. The predicted molar refractivity (Wildman–Crippen MR) is 127 cm³/mol. The van der Waals surface area contributed by atoms with E-state index in [4.69, 9.17) is 9.47 Å². The van der Waals surface area contributed by atoms with Crippen molar-refractivity contribution in [2.45, 2.75) is 33.6 Å². The van der Waals surface area contributed by atoms with E-state index in [1.807, 2.05) is 45.0 Å². The van der Waals surface area contributed by atoms with Crippen LogP contribution in [0.5, 0.6) is 11.5 Å². The highest BCUT2D eigenvalue weighted by atomic mass is 16.5. The zero-order valence-corrected chi connectivity index (χ0v) is 19.1. The molecule has 0 aliphatic rings. The van der Waals surface area contributed by atoms with Gasteiger partial charge in [-0.15, -0.1) is 0 Å². The van der Waals surface area contributed by atoms with Crippen LogP contribution in [-0.4, -0.2) is 43.7 Å². The maximum absolute atomic E-state index is 12.2. The fourth-order valence-electron chi connectivity index (χ4n) is 2.64. The van der Waals surface area contributed by atoms with Crippen molar-refractivity contribution in [3.63, 3.8) is 0 Å². The molecule has 33 heavy (non-hydrogen) atoms. The lowest BCUT2D eigenvalue weighted by atomic mass is 10.2. The van der Waals surface area contributed by atoms with E-state index in [9.17, 15) is 14.4 Å². The number of anilines is 1. The van der Waals surface area contributed by atoms with Crippen LogP contribution in [0, 0.1) is 6.92 Å². The molecule has 0 radical (unpaired) electrons. The molecule has 3 N–H and O–H groups in total. The van der Waals surface area contributed by atoms with Crippen LogP contribution in [0.2, 0.25) is 0 Å². The molecule has 0 aromatic heterocycles. The van der Waals surface area contributed by atoms with Gasteiger partial charge in [0.15, 0.2) is 18.1 Å². The first kappa shape index (κ1) is 25.4. The number of hydrogen-bond acceptors (Lipinski definition) is 6. The molecule has 0 unspecified atom stereocenters. The van der Waals surface area contributed by atoms with Crippen LogP contribution in [0.15, 0.2) is 47.6 Å². The van der Waals surface area contributed by atoms with Gasteiger partial charge in [0.25, 0.3) is 5.91 Å². The number of amides is 3. The van der Waals surface area contributed by atoms with Crippen LogP contribution < -0.4 is 25.5 Å². The van der Waals surface area contributed by atoms with Crippen molar-refractivity contribution >= 4 is 29.6 Å². The van der Waals surface area contributed by atoms with Gasteiger partial charge in [0, 0.05) is 12.2 Å². The summed E-state index contributed by atoms with van der Waals surface area (Å²) in [4.78, 5) is 35.5. The maximum atomic E-state index is 12.2. The minimum atomic E-state index is -0.841. The number of hydrogen-bond donors (Lipinski definition) is 3. The highest BCUT2D eigenvalue weighted by molar-refractivity contribution is 6.35. The second-order valence-electron chi connectivity index (χ2n) is 7.15. The lowest BCUT2D eigenvalue weighted by Crippen LogP contribution is -2.38. The third-order valence-electron chi connectivity index (χ3n) is 4.36. The van der Waals surface area contributed by atoms with E-state index in [2.05, 4.69) is 21.2 Å². The highest BCUT2D eigenvalue weighted by Crippen LogP contribution is 2.28. The second-order valence-corrected chi connectivity index (χ2v) is 7.15. The molecule has 0 fully saturated rings. The van der Waals surface area contributed by atoms with Gasteiger partial charge in [-0.2, -0.15) is 5.10 Å². The van der Waals surface area contributed by atoms with Gasteiger partial charge in [-0.05, 0) is 56.2 Å². The number of benzene rings is 2. The monoisotopic (exact) mass is 454 g/mol. The number of unbranched alkanes of at least 4 members (excludes halogenated alkanes) is 1. The molecule has 3 amide bonds. The Morgan fingerprint density at radius 2 is 1.73 bits per heavy atom. The van der Waals surface area contributed by atoms with Crippen molar-refractivity contribution in [2.24, 2.45) is 5.10 Å². The molecule has 2 aromatic rings. The van der Waals surface area contributed by atoms with Crippen LogP contribution in [0.3, 0.4) is 0 Å². The van der Waals surface area contributed by atoms with Crippen LogP contribution >= 0.6 is 0 Å². The van der Waals surface area contributed by atoms with Crippen LogP contribution in [0.1, 0.15) is 37.8 Å². The summed E-state index contributed by atoms with van der Waals surface area (Å²) in [6.45, 7) is 6.42. The third-order valence-corrected chi connectivity index (χ3v) is 4.36. The van der Waals surface area contributed by atoms with Crippen molar-refractivity contribution in [1.29, 1.82) is 0 Å². The fraction of sp³-hybridized carbons (Fsp3) is 0.333. The van der Waals surface area contributed by atoms with Gasteiger partial charge in [0.05, 0.1) is 12.8 Å². The number of aryl methyl sites for hydroxylation is 1. The van der Waals surface area contributed by atoms with E-state index in [1.165, 1.54) is 6.21 Å². The predicted octanol–water partition coefficient (Wildman–Crippen LogP) is 2.78. The Morgan fingerprint density at radius 1 is 0.970 bits per heavy atom. The average molecular weight is 455 g/mol. The summed E-state index contributed by atoms with van der Waals surface area (Å²) in [7, 11) is 0. The Labute approximate surface area is 193 Å². The summed E-state index contributed by atoms with van der Waals surface area (Å²) in [5, 5.41) is 9.08. The summed E-state index contributed by atoms with van der Waals surface area (Å²) in [5.74, 6) is -1.05. The topological polar surface area (TPSA) is 118 Å². The number of nitrogens with one attached hydrogen (secondary N) is 3. The first-order valence-corrected chi connectivity index (χ1v) is 10.8. The van der Waals surface area contributed by atoms with E-state index in [0.717, 1.165) is 18.4 Å². The Bertz CT molecular complexity index is 973. The second kappa shape index (κ2) is 13.5. The quantitative estimate of drug-likeness (QED) is 0.209. The molecular weight excluding hydrogens is 424 g/mol. The molecular formula is C24H30N4O5. The van der Waals surface area contributed by atoms with Crippen molar-refractivity contribution in [1.82, 2.24) is 10.7 Å². The minimum Gasteiger partial charge on any atom is -0.490 e. The molecule has 0 saturated carbocycles. The largest absolute Gasteiger partial charge is 0.490 e. The zero-order valence-electron chi connectivity index (χ0n) is 19.1. The molecule has 2 rings (SSSR count). The first-order valence-electron chi connectivity index (χ1n) is 10.8. The minimum absolute atomic E-state index is 0.190. The molecule has 0 spiro atoms. The zero-order chi connectivity index (χ0) is 24.1. The average Bonchev–Trinajstić information content (AvgIpc) is 2.80. The molecule has 0 aliphatic heterocycles. The Hall–Kier alpha value is -3.88. The van der Waals surface area contributed by atoms with Gasteiger partial charge in [0.2, 0.25) is 0 Å². The molecule has 2 aromatic carbocycles. The molecule has 0 aliphatic carbocycles. The van der Waals surface area contributed by atoms with E-state index >= 15 is 0 Å². The summed E-state index contributed by atoms with van der Waals surface area (Å²) in [6.07, 6.45) is 3.09. The molecule has 0 saturated heterocycles. The van der Waals surface area contributed by atoms with E-state index in [0.29, 0.717) is 35.9 Å². The van der Waals surface area contributed by atoms with Gasteiger partial charge in [-0.3, -0.25) is 14.4 Å². The Balaban J connectivity index is 1.92. The number of hydrazone groups is 1. The third kappa shape index (κ3) is 9.02. The van der Waals surface area contributed by atoms with Crippen molar-refractivity contribution < 1.29 is 23.9 Å². The van der Waals surface area contributed by atoms with Gasteiger partial charge in [-0.25, -0.2) is 5.43 Å². The summed E-state index contributed by atoms with van der Waals surface area (Å²) >= 11 is 0. The Morgan fingerprint density at radius 3 is 2.42 bits per heavy atom. The summed E-state index contributed by atoms with van der Waals surface area (Å²) in [6, 6.07) is 12.4. The maximum Gasteiger partial charge on any atom is 0.329 e. The highest BCUT2D eigenvalue weighted by Gasteiger charge is 2.12. The number of nitrogens with zero attached hydrogens (tertiary/aromatic N) is 1. The number of carbonyl (C=O) groups excluding carboxylic acids is 3. The summed E-state index contributed by atoms with van der Waals surface area (Å²) < 4.78 is 11.2. The molecule has 9 nitrogen and oxygen atoms in total. The number of carbonyl (C=O) groups is 3. The van der Waals surface area contributed by atoms with Crippen LogP contribution in [0.4, 0.5) is 5.69 Å². The number of ether oxygens (including phenoxy) is 2. The molecule has 0 heterocycles. The lowest BCUT2D eigenvalue weighted by Gasteiger charge is -2.12.